The number of halogens is 3. The van der Waals surface area contributed by atoms with Crippen LogP contribution in [0, 0.1) is 5.92 Å². The van der Waals surface area contributed by atoms with Gasteiger partial charge in [-0.25, -0.2) is 0 Å². The van der Waals surface area contributed by atoms with Crippen molar-refractivity contribution in [1.82, 2.24) is 14.8 Å². The second-order valence-corrected chi connectivity index (χ2v) is 10.7. The molecule has 0 radical (unpaired) electrons. The maximum absolute atomic E-state index is 12.9. The number of alkyl halides is 3. The van der Waals surface area contributed by atoms with Gasteiger partial charge in [-0.3, -0.25) is 14.4 Å². The summed E-state index contributed by atoms with van der Waals surface area (Å²) in [4.78, 5) is 4.52. The van der Waals surface area contributed by atoms with Gasteiger partial charge < -0.3 is 9.84 Å². The van der Waals surface area contributed by atoms with E-state index in [-0.39, 0.29) is 23.8 Å². The summed E-state index contributed by atoms with van der Waals surface area (Å²) in [6, 6.07) is 14.4. The van der Waals surface area contributed by atoms with Crippen molar-refractivity contribution in [3.05, 3.63) is 84.4 Å². The van der Waals surface area contributed by atoms with Crippen LogP contribution in [0.1, 0.15) is 17.4 Å². The van der Waals surface area contributed by atoms with E-state index in [0.29, 0.717) is 23.3 Å². The number of rotatable bonds is 6. The molecule has 0 amide bonds. The molecule has 38 heavy (non-hydrogen) atoms. The minimum Gasteiger partial charge on any atom is -0.493 e. The molecule has 2 N–H and O–H groups in total. The molecule has 1 aliphatic rings. The largest absolute Gasteiger partial charge is 0.516 e. The summed E-state index contributed by atoms with van der Waals surface area (Å²) in [5.74, 6) is 0.107. The molecule has 5 rings (SSSR count). The summed E-state index contributed by atoms with van der Waals surface area (Å²) in [6.07, 6.45) is 5.02. The van der Waals surface area contributed by atoms with Crippen LogP contribution < -0.4 is 9.46 Å². The first kappa shape index (κ1) is 25.7. The predicted molar refractivity (Wildman–Crippen MR) is 135 cm³/mol. The molecule has 1 aliphatic heterocycles. The van der Waals surface area contributed by atoms with Gasteiger partial charge in [0.15, 0.2) is 0 Å². The molecular formula is C26H23F3N4O4S. The fraction of sp³-hybridized carbons (Fsp3) is 0.231. The summed E-state index contributed by atoms with van der Waals surface area (Å²) in [5, 5.41) is 15.2. The number of nitrogens with zero attached hydrogens (tertiary/aromatic N) is 3. The zero-order valence-corrected chi connectivity index (χ0v) is 20.9. The monoisotopic (exact) mass is 544 g/mol. The number of para-hydroxylation sites is 1. The van der Waals surface area contributed by atoms with Gasteiger partial charge in [-0.2, -0.15) is 26.7 Å². The molecule has 0 fully saturated rings. The lowest BCUT2D eigenvalue weighted by atomic mass is 9.88. The summed E-state index contributed by atoms with van der Waals surface area (Å²) in [5.41, 5.74) is -1.81. The number of fused-ring (bicyclic) bond motifs is 1. The molecule has 0 saturated carbocycles. The van der Waals surface area contributed by atoms with Gasteiger partial charge in [-0.15, -0.1) is 0 Å². The van der Waals surface area contributed by atoms with Crippen LogP contribution in [0.25, 0.3) is 22.3 Å². The van der Waals surface area contributed by atoms with E-state index >= 15 is 0 Å². The van der Waals surface area contributed by atoms with E-state index in [1.807, 2.05) is 25.4 Å². The van der Waals surface area contributed by atoms with Crippen LogP contribution in [0.4, 0.5) is 18.9 Å². The molecule has 8 nitrogen and oxygen atoms in total. The minimum absolute atomic E-state index is 0.200. The van der Waals surface area contributed by atoms with Crippen molar-refractivity contribution in [3.63, 3.8) is 0 Å². The van der Waals surface area contributed by atoms with Crippen LogP contribution in [-0.4, -0.2) is 40.4 Å². The molecule has 0 unspecified atom stereocenters. The van der Waals surface area contributed by atoms with E-state index in [9.17, 15) is 26.7 Å². The maximum Gasteiger partial charge on any atom is 0.516 e. The van der Waals surface area contributed by atoms with Gasteiger partial charge in [0.2, 0.25) is 0 Å². The highest BCUT2D eigenvalue weighted by atomic mass is 32.2. The summed E-state index contributed by atoms with van der Waals surface area (Å²) < 4.78 is 71.3. The molecule has 2 aromatic heterocycles. The maximum atomic E-state index is 12.9. The third-order valence-electron chi connectivity index (χ3n) is 6.35. The number of anilines is 1. The zero-order chi connectivity index (χ0) is 27.1. The van der Waals surface area contributed by atoms with Crippen molar-refractivity contribution in [1.29, 1.82) is 0 Å². The Kier molecular flexibility index (Phi) is 6.61. The van der Waals surface area contributed by atoms with Gasteiger partial charge in [0.25, 0.3) is 0 Å². The molecule has 0 spiro atoms. The Labute approximate surface area is 216 Å². The highest BCUT2D eigenvalue weighted by Crippen LogP contribution is 2.41. The number of sulfonamides is 1. The summed E-state index contributed by atoms with van der Waals surface area (Å²) in [7, 11) is -3.76. The Balaban J connectivity index is 1.34. The first-order valence-electron chi connectivity index (χ1n) is 11.6. The number of aliphatic hydroxyl groups excluding tert-OH is 1. The van der Waals surface area contributed by atoms with Gasteiger partial charge in [0.1, 0.15) is 5.75 Å². The molecule has 12 heteroatoms. The van der Waals surface area contributed by atoms with E-state index in [1.54, 1.807) is 46.1 Å². The highest BCUT2D eigenvalue weighted by molar-refractivity contribution is 7.93. The van der Waals surface area contributed by atoms with Crippen molar-refractivity contribution in [2.24, 2.45) is 13.0 Å². The average Bonchev–Trinajstić information content (AvgIpc) is 3.31. The minimum atomic E-state index is -5.59. The Hall–Kier alpha value is -3.90. The number of nitrogens with one attached hydrogen (secondary N) is 1. The molecule has 0 saturated heterocycles. The van der Waals surface area contributed by atoms with E-state index in [2.05, 4.69) is 10.1 Å². The number of pyridine rings is 1. The standard InChI is InChI=1S/C26H23F3N4O4S/c1-33-14-19(13-31-33)17-6-8-20(30-12-17)10-18-15-37-24-11-16(7-9-22(24)25(18)34)21-4-2-3-5-23(21)32-38(35,36)26(27,28)29/h2-9,11-14,18,25,32,34H,10,15H2,1H3/t18-,25+/m0/s1. The lowest BCUT2D eigenvalue weighted by Gasteiger charge is -2.30. The molecular weight excluding hydrogens is 521 g/mol. The SMILES string of the molecule is Cn1cc(-c2ccc(C[C@H]3COc4cc(-c5ccccc5NS(=O)(=O)C(F)(F)F)ccc4[C@@H]3O)nc2)cn1. The van der Waals surface area contributed by atoms with Crippen LogP contribution in [0.2, 0.25) is 0 Å². The van der Waals surface area contributed by atoms with Gasteiger partial charge >= 0.3 is 15.5 Å². The van der Waals surface area contributed by atoms with Crippen LogP contribution >= 0.6 is 0 Å². The van der Waals surface area contributed by atoms with Crippen LogP contribution in [-0.2, 0) is 23.5 Å². The van der Waals surface area contributed by atoms with Crippen molar-refractivity contribution < 1.29 is 31.4 Å². The summed E-state index contributed by atoms with van der Waals surface area (Å²) in [6.45, 7) is 0.200. The van der Waals surface area contributed by atoms with Gasteiger partial charge in [-0.1, -0.05) is 36.4 Å². The predicted octanol–water partition coefficient (Wildman–Crippen LogP) is 4.70. The van der Waals surface area contributed by atoms with Gasteiger partial charge in [0, 0.05) is 53.3 Å². The number of benzene rings is 2. The Morgan fingerprint density at radius 3 is 2.53 bits per heavy atom. The highest BCUT2D eigenvalue weighted by Gasteiger charge is 2.46. The third-order valence-corrected chi connectivity index (χ3v) is 7.45. The van der Waals surface area contributed by atoms with E-state index in [1.165, 1.54) is 18.2 Å². The first-order chi connectivity index (χ1) is 18.0. The second-order valence-electron chi connectivity index (χ2n) is 9.01. The van der Waals surface area contributed by atoms with Crippen molar-refractivity contribution in [3.8, 4) is 28.0 Å². The lowest BCUT2D eigenvalue weighted by Crippen LogP contribution is -2.30. The molecule has 4 aromatic rings. The third kappa shape index (κ3) is 5.09. The topological polar surface area (TPSA) is 106 Å². The Morgan fingerprint density at radius 1 is 1.08 bits per heavy atom. The average molecular weight is 545 g/mol. The van der Waals surface area contributed by atoms with Crippen molar-refractivity contribution in [2.75, 3.05) is 11.3 Å². The molecule has 0 aliphatic carbocycles. The number of hydrogen-bond acceptors (Lipinski definition) is 6. The van der Waals surface area contributed by atoms with Crippen molar-refractivity contribution >= 4 is 15.7 Å². The summed E-state index contributed by atoms with van der Waals surface area (Å²) >= 11 is 0. The van der Waals surface area contributed by atoms with Crippen LogP contribution in [0.15, 0.2) is 73.2 Å². The fourth-order valence-electron chi connectivity index (χ4n) is 4.37. The molecule has 2 aromatic carbocycles. The quantitative estimate of drug-likeness (QED) is 0.365. The smallest absolute Gasteiger partial charge is 0.493 e. The second kappa shape index (κ2) is 9.76. The first-order valence-corrected chi connectivity index (χ1v) is 13.1. The molecule has 198 valence electrons. The molecule has 2 atom stereocenters. The fourth-order valence-corrected chi connectivity index (χ4v) is 4.95. The van der Waals surface area contributed by atoms with Crippen molar-refractivity contribution in [2.45, 2.75) is 18.0 Å². The number of aryl methyl sites for hydroxylation is 1. The number of ether oxygens (including phenoxy) is 1. The van der Waals surface area contributed by atoms with E-state index in [0.717, 1.165) is 16.8 Å². The molecule has 0 bridgehead atoms. The van der Waals surface area contributed by atoms with Gasteiger partial charge in [0.05, 0.1) is 24.6 Å². The number of aliphatic hydroxyl groups is 1. The Bertz CT molecular complexity index is 1570. The zero-order valence-electron chi connectivity index (χ0n) is 20.1. The number of hydrogen-bond donors (Lipinski definition) is 2. The lowest BCUT2D eigenvalue weighted by molar-refractivity contribution is -0.0429. The van der Waals surface area contributed by atoms with E-state index in [4.69, 9.17) is 4.74 Å². The van der Waals surface area contributed by atoms with Crippen LogP contribution in [0.5, 0.6) is 5.75 Å². The van der Waals surface area contributed by atoms with Crippen LogP contribution in [0.3, 0.4) is 0 Å². The van der Waals surface area contributed by atoms with Gasteiger partial charge in [-0.05, 0) is 30.2 Å². The molecule has 3 heterocycles. The Morgan fingerprint density at radius 2 is 1.84 bits per heavy atom. The number of aromatic nitrogens is 3. The normalized spacial score (nSPS) is 17.5. The van der Waals surface area contributed by atoms with E-state index < -0.39 is 21.6 Å².